The van der Waals surface area contributed by atoms with Gasteiger partial charge in [0.05, 0.1) is 41.7 Å². The molecule has 9 nitrogen and oxygen atoms in total. The van der Waals surface area contributed by atoms with E-state index in [1.807, 2.05) is 88.4 Å². The van der Waals surface area contributed by atoms with Gasteiger partial charge >= 0.3 is 0 Å². The topological polar surface area (TPSA) is 119 Å². The van der Waals surface area contributed by atoms with Crippen molar-refractivity contribution < 1.29 is 40.5 Å². The van der Waals surface area contributed by atoms with Crippen LogP contribution in [0.15, 0.2) is 155 Å². The largest absolute Gasteiger partial charge is 0.496 e. The molecule has 1 saturated carbocycles. The van der Waals surface area contributed by atoms with E-state index in [1.165, 1.54) is 58.4 Å². The van der Waals surface area contributed by atoms with Crippen molar-refractivity contribution in [3.05, 3.63) is 207 Å². The van der Waals surface area contributed by atoms with E-state index in [0.29, 0.717) is 75.1 Å². The fourth-order valence-electron chi connectivity index (χ4n) is 10.9. The molecule has 1 N–H and O–H groups in total. The van der Waals surface area contributed by atoms with Crippen molar-refractivity contribution in [2.24, 2.45) is 5.92 Å². The van der Waals surface area contributed by atoms with Crippen LogP contribution < -0.4 is 14.2 Å². The molecule has 7 aromatic carbocycles. The summed E-state index contributed by atoms with van der Waals surface area (Å²) in [5.41, 5.74) is 12.3. The molecule has 13 heteroatoms. The number of methoxy groups -OCH3 is 3. The van der Waals surface area contributed by atoms with E-state index < -0.39 is 25.5 Å². The van der Waals surface area contributed by atoms with E-state index in [1.54, 1.807) is 36.7 Å². The Morgan fingerprint density at radius 2 is 0.946 bits per heavy atom. The van der Waals surface area contributed by atoms with Gasteiger partial charge in [0.15, 0.2) is 21.4 Å². The number of piperidine rings is 1. The van der Waals surface area contributed by atoms with Crippen LogP contribution in [-0.2, 0) is 25.5 Å². The Hall–Kier alpha value is -6.02. The summed E-state index contributed by atoms with van der Waals surface area (Å²) >= 11 is 5.95. The van der Waals surface area contributed by atoms with Crippen molar-refractivity contribution in [1.29, 1.82) is 0 Å². The molecule has 0 unspecified atom stereocenters. The maximum Gasteiger partial charge on any atom is 0.243 e. The molecule has 1 saturated heterocycles. The molecule has 1 heterocycles. The summed E-state index contributed by atoms with van der Waals surface area (Å²) in [7, 11) is -1.62. The van der Waals surface area contributed by atoms with Crippen molar-refractivity contribution in [2.75, 3.05) is 40.7 Å². The van der Waals surface area contributed by atoms with Crippen LogP contribution in [0.1, 0.15) is 234 Å². The van der Waals surface area contributed by atoms with Crippen LogP contribution in [0.25, 0.3) is 11.1 Å². The van der Waals surface area contributed by atoms with Gasteiger partial charge in [-0.3, -0.25) is 0 Å². The molecule has 92 heavy (non-hydrogen) atoms. The number of hydrogen-bond donors (Lipinski definition) is 1. The quantitative estimate of drug-likeness (QED) is 0.108. The lowest BCUT2D eigenvalue weighted by molar-refractivity contribution is 0.0438. The predicted molar refractivity (Wildman–Crippen MR) is 385 cm³/mol. The van der Waals surface area contributed by atoms with Crippen molar-refractivity contribution in [2.45, 2.75) is 206 Å². The standard InChI is InChI=1S/C16H18O.C15H23NO2S.C15H22O.C13H20O2S.C10H13ClO.C10H13FO/c1-12(2)14-9-10-16(17-3)15(11-14)13-7-5-4-6-8-13;1-12(2)14-4-6-15(7-5-14)19(17,18)16-10-8-13(3)9-11-16;1-11(2)13-6-7-14(12(3)10-13)15(16)8-4-5-9-15;1-9(2)11-6-7-12(10(3)4)13(8-11)16(5,14)15;2*1-7(2)8-4-5-10(12-3)9(11)6-8/h4-12H,1-3H3;4-7,12-13H,8-11H2,1-3H3;6-7,10-11,16H,4-5,8-9H2,1-3H3;6-10H,1-5H3;2*4-7H,1-3H3. The van der Waals surface area contributed by atoms with Gasteiger partial charge in [-0.1, -0.05) is 219 Å². The van der Waals surface area contributed by atoms with E-state index >= 15 is 0 Å². The summed E-state index contributed by atoms with van der Waals surface area (Å²) in [6.45, 7) is 35.1. The van der Waals surface area contributed by atoms with Crippen LogP contribution in [0.4, 0.5) is 4.39 Å². The molecular weight excluding hydrogens is 1210 g/mol. The Bertz CT molecular complexity index is 3550. The molecule has 2 fully saturated rings. The van der Waals surface area contributed by atoms with Gasteiger partial charge in [-0.05, 0) is 190 Å². The maximum absolute atomic E-state index is 13.1. The molecule has 1 aliphatic heterocycles. The van der Waals surface area contributed by atoms with Crippen molar-refractivity contribution >= 4 is 31.5 Å². The van der Waals surface area contributed by atoms with E-state index in [-0.39, 0.29) is 11.7 Å². The Balaban J connectivity index is 0.000000237. The second-order valence-corrected chi connectivity index (χ2v) is 31.1. The number of ether oxygens (including phenoxy) is 3. The fraction of sp³-hybridized carbons (Fsp3) is 0.468. The smallest absolute Gasteiger partial charge is 0.243 e. The molecule has 0 bridgehead atoms. The molecule has 0 amide bonds. The Morgan fingerprint density at radius 3 is 1.39 bits per heavy atom. The van der Waals surface area contributed by atoms with Crippen molar-refractivity contribution in [1.82, 2.24) is 4.31 Å². The third kappa shape index (κ3) is 23.2. The minimum absolute atomic E-state index is 0.228. The van der Waals surface area contributed by atoms with Gasteiger partial charge in [0.1, 0.15) is 11.5 Å². The third-order valence-electron chi connectivity index (χ3n) is 17.2. The molecule has 0 atom stereocenters. The molecule has 2 aliphatic rings. The summed E-state index contributed by atoms with van der Waals surface area (Å²) in [4.78, 5) is 0.903. The van der Waals surface area contributed by atoms with E-state index in [4.69, 9.17) is 25.8 Å². The van der Waals surface area contributed by atoms with E-state index in [0.717, 1.165) is 72.3 Å². The number of nitrogens with zero attached hydrogens (tertiary/aromatic N) is 1. The SMILES string of the molecule is CC(C)c1ccc(C(C)C)c(S(C)(=O)=O)c1.CC1CCN(S(=O)(=O)c2ccc(C(C)C)cc2)CC1.COc1ccc(C(C)C)cc1-c1ccccc1.COc1ccc(C(C)C)cc1Cl.COc1ccc(C(C)C)cc1F.Cc1cc(C(C)C)ccc1C1(O)CCCC1. The summed E-state index contributed by atoms with van der Waals surface area (Å²) in [5.74, 6) is 5.27. The van der Waals surface area contributed by atoms with Crippen LogP contribution in [0.3, 0.4) is 0 Å². The zero-order valence-corrected chi connectivity index (χ0v) is 61.3. The highest BCUT2D eigenvalue weighted by Gasteiger charge is 2.34. The van der Waals surface area contributed by atoms with E-state index in [9.17, 15) is 26.3 Å². The average molecular weight is 1320 g/mol. The summed E-state index contributed by atoms with van der Waals surface area (Å²) in [5, 5.41) is 11.3. The maximum atomic E-state index is 13.1. The first-order chi connectivity index (χ1) is 43.2. The molecule has 0 aromatic heterocycles. The molecule has 1 aliphatic carbocycles. The first-order valence-corrected chi connectivity index (χ1v) is 36.6. The van der Waals surface area contributed by atoms with Crippen LogP contribution in [0.5, 0.6) is 17.2 Å². The van der Waals surface area contributed by atoms with Gasteiger partial charge in [-0.25, -0.2) is 21.2 Å². The van der Waals surface area contributed by atoms with Crippen LogP contribution in [0.2, 0.25) is 5.02 Å². The van der Waals surface area contributed by atoms with Crippen molar-refractivity contribution in [3.8, 4) is 28.4 Å². The molecule has 0 radical (unpaired) electrons. The number of sulfone groups is 1. The van der Waals surface area contributed by atoms with Crippen LogP contribution >= 0.6 is 11.6 Å². The zero-order chi connectivity index (χ0) is 68.8. The third-order valence-corrected chi connectivity index (χ3v) is 20.5. The van der Waals surface area contributed by atoms with Crippen LogP contribution in [-0.4, -0.2) is 66.9 Å². The number of sulfonamides is 1. The monoisotopic (exact) mass is 1320 g/mol. The lowest BCUT2D eigenvalue weighted by Crippen LogP contribution is -2.37. The zero-order valence-electron chi connectivity index (χ0n) is 59.0. The van der Waals surface area contributed by atoms with Gasteiger partial charge in [-0.15, -0.1) is 0 Å². The van der Waals surface area contributed by atoms with Gasteiger partial charge in [-0.2, -0.15) is 4.31 Å². The summed E-state index contributed by atoms with van der Waals surface area (Å²) in [6, 6.07) is 47.3. The van der Waals surface area contributed by atoms with Gasteiger partial charge in [0.25, 0.3) is 0 Å². The number of benzene rings is 7. The lowest BCUT2D eigenvalue weighted by atomic mass is 9.86. The van der Waals surface area contributed by atoms with Crippen LogP contribution in [0, 0.1) is 18.7 Å². The predicted octanol–water partition coefficient (Wildman–Crippen LogP) is 21.4. The fourth-order valence-corrected chi connectivity index (χ4v) is 13.7. The Morgan fingerprint density at radius 1 is 0.522 bits per heavy atom. The second kappa shape index (κ2) is 36.6. The molecule has 9 rings (SSSR count). The van der Waals surface area contributed by atoms with Gasteiger partial charge < -0.3 is 19.3 Å². The highest BCUT2D eigenvalue weighted by atomic mass is 35.5. The van der Waals surface area contributed by atoms with Gasteiger partial charge in [0.2, 0.25) is 10.0 Å². The molecule has 0 spiro atoms. The number of halogens is 2. The first kappa shape index (κ1) is 78.4. The number of aliphatic hydroxyl groups is 1. The summed E-state index contributed by atoms with van der Waals surface area (Å²) < 4.78 is 78.5. The van der Waals surface area contributed by atoms with Crippen molar-refractivity contribution in [3.63, 3.8) is 0 Å². The normalized spacial score (nSPS) is 14.1. The van der Waals surface area contributed by atoms with Gasteiger partial charge in [0, 0.05) is 24.9 Å². The lowest BCUT2D eigenvalue weighted by Gasteiger charge is -2.29. The average Bonchev–Trinajstić information content (AvgIpc) is 1.29. The first-order valence-electron chi connectivity index (χ1n) is 32.9. The molecule has 7 aromatic rings. The summed E-state index contributed by atoms with van der Waals surface area (Å²) in [6.07, 6.45) is 7.36. The highest BCUT2D eigenvalue weighted by Crippen LogP contribution is 2.41. The molecule has 504 valence electrons. The second-order valence-electron chi connectivity index (χ2n) is 26.7. The Labute approximate surface area is 560 Å². The highest BCUT2D eigenvalue weighted by molar-refractivity contribution is 7.90. The number of rotatable bonds is 15. The Kier molecular flexibility index (Phi) is 31.2. The number of aryl methyl sites for hydroxylation is 1. The number of hydrogen-bond acceptors (Lipinski definition) is 8. The minimum atomic E-state index is -3.29. The molecular formula is C79H109ClFNO8S2. The minimum Gasteiger partial charge on any atom is -0.496 e. The van der Waals surface area contributed by atoms with E-state index in [2.05, 4.69) is 144 Å².